The van der Waals surface area contributed by atoms with Crippen molar-refractivity contribution in [3.63, 3.8) is 0 Å². The number of ether oxygens (including phenoxy) is 2. The van der Waals surface area contributed by atoms with Gasteiger partial charge in [0.25, 0.3) is 11.8 Å². The molecule has 10 heteroatoms. The first kappa shape index (κ1) is 25.0. The van der Waals surface area contributed by atoms with Crippen LogP contribution in [0.25, 0.3) is 0 Å². The standard InChI is InChI=1S/C23H24ClF3N2O4/c1-32-11-9-28(21(30)16-5-4-6-17(13-16)23(25,26)27)14-18-15-29(10-12-33-18)22(31)19-7-2-3-8-20(19)24/h2-8,13,18H,9-12,14-15H2,1H3/t18-/m1/s1. The molecule has 0 aliphatic carbocycles. The van der Waals surface area contributed by atoms with E-state index in [2.05, 4.69) is 0 Å². The molecular formula is C23H24ClF3N2O4. The minimum Gasteiger partial charge on any atom is -0.383 e. The molecule has 6 nitrogen and oxygen atoms in total. The predicted molar refractivity (Wildman–Crippen MR) is 116 cm³/mol. The Morgan fingerprint density at radius 1 is 1.21 bits per heavy atom. The summed E-state index contributed by atoms with van der Waals surface area (Å²) in [7, 11) is 1.47. The molecule has 3 rings (SSSR count). The van der Waals surface area contributed by atoms with Crippen molar-refractivity contribution in [1.29, 1.82) is 0 Å². The molecule has 178 valence electrons. The smallest absolute Gasteiger partial charge is 0.383 e. The number of hydrogen-bond donors (Lipinski definition) is 0. The highest BCUT2D eigenvalue weighted by Crippen LogP contribution is 2.30. The third-order valence-corrected chi connectivity index (χ3v) is 5.57. The van der Waals surface area contributed by atoms with E-state index in [1.807, 2.05) is 0 Å². The topological polar surface area (TPSA) is 59.1 Å². The predicted octanol–water partition coefficient (Wildman–Crippen LogP) is 3.99. The molecule has 0 N–H and O–H groups in total. The number of carbonyl (C=O) groups is 2. The molecule has 1 atom stereocenters. The van der Waals surface area contributed by atoms with Gasteiger partial charge in [-0.3, -0.25) is 9.59 Å². The molecule has 0 spiro atoms. The summed E-state index contributed by atoms with van der Waals surface area (Å²) in [4.78, 5) is 28.9. The minimum atomic E-state index is -4.56. The Kier molecular flexibility index (Phi) is 8.34. The molecule has 1 fully saturated rings. The second-order valence-corrected chi connectivity index (χ2v) is 7.95. The van der Waals surface area contributed by atoms with Crippen molar-refractivity contribution >= 4 is 23.4 Å². The maximum absolute atomic E-state index is 13.1. The van der Waals surface area contributed by atoms with Crippen molar-refractivity contribution in [3.8, 4) is 0 Å². The van der Waals surface area contributed by atoms with E-state index >= 15 is 0 Å². The van der Waals surface area contributed by atoms with Crippen molar-refractivity contribution in [2.45, 2.75) is 12.3 Å². The number of halogens is 4. The zero-order valence-electron chi connectivity index (χ0n) is 18.0. The zero-order chi connectivity index (χ0) is 24.0. The van der Waals surface area contributed by atoms with Crippen LogP contribution in [0, 0.1) is 0 Å². The average molecular weight is 485 g/mol. The number of alkyl halides is 3. The highest BCUT2D eigenvalue weighted by Gasteiger charge is 2.32. The summed E-state index contributed by atoms with van der Waals surface area (Å²) in [6.45, 7) is 1.27. The van der Waals surface area contributed by atoms with E-state index in [1.54, 1.807) is 29.2 Å². The van der Waals surface area contributed by atoms with E-state index in [0.29, 0.717) is 17.1 Å². The minimum absolute atomic E-state index is 0.0827. The largest absolute Gasteiger partial charge is 0.416 e. The van der Waals surface area contributed by atoms with Crippen molar-refractivity contribution in [1.82, 2.24) is 9.80 Å². The third kappa shape index (κ3) is 6.46. The fraction of sp³-hybridized carbons (Fsp3) is 0.391. The summed E-state index contributed by atoms with van der Waals surface area (Å²) in [5, 5.41) is 0.340. The lowest BCUT2D eigenvalue weighted by molar-refractivity contribution is -0.137. The van der Waals surface area contributed by atoms with Gasteiger partial charge in [0.1, 0.15) is 0 Å². The number of nitrogens with zero attached hydrogens (tertiary/aromatic N) is 2. The second-order valence-electron chi connectivity index (χ2n) is 7.55. The lowest BCUT2D eigenvalue weighted by atomic mass is 10.1. The van der Waals surface area contributed by atoms with Crippen molar-refractivity contribution in [2.75, 3.05) is 46.5 Å². The number of benzene rings is 2. The Morgan fingerprint density at radius 2 is 1.97 bits per heavy atom. The van der Waals surface area contributed by atoms with Crippen LogP contribution in [0.3, 0.4) is 0 Å². The number of morpholine rings is 1. The van der Waals surface area contributed by atoms with Gasteiger partial charge in [0.2, 0.25) is 0 Å². The number of carbonyl (C=O) groups excluding carboxylic acids is 2. The Bertz CT molecular complexity index is 986. The summed E-state index contributed by atoms with van der Waals surface area (Å²) in [6.07, 6.45) is -5.07. The molecule has 0 radical (unpaired) electrons. The molecular weight excluding hydrogens is 461 g/mol. The molecule has 1 aliphatic heterocycles. The fourth-order valence-corrected chi connectivity index (χ4v) is 3.77. The normalized spacial score (nSPS) is 16.5. The molecule has 0 unspecified atom stereocenters. The quantitative estimate of drug-likeness (QED) is 0.596. The van der Waals surface area contributed by atoms with Gasteiger partial charge in [-0.05, 0) is 30.3 Å². The summed E-state index contributed by atoms with van der Waals surface area (Å²) in [6, 6.07) is 11.0. The molecule has 1 aliphatic rings. The van der Waals surface area contributed by atoms with E-state index in [-0.39, 0.29) is 44.3 Å². The van der Waals surface area contributed by atoms with E-state index < -0.39 is 23.8 Å². The van der Waals surface area contributed by atoms with Crippen LogP contribution in [-0.2, 0) is 15.7 Å². The van der Waals surface area contributed by atoms with Crippen LogP contribution in [0.4, 0.5) is 13.2 Å². The molecule has 0 aromatic heterocycles. The maximum atomic E-state index is 13.1. The molecule has 1 saturated heterocycles. The number of hydrogen-bond acceptors (Lipinski definition) is 4. The summed E-state index contributed by atoms with van der Waals surface area (Å²) < 4.78 is 50.1. The molecule has 1 heterocycles. The summed E-state index contributed by atoms with van der Waals surface area (Å²) in [5.74, 6) is -0.821. The monoisotopic (exact) mass is 484 g/mol. The highest BCUT2D eigenvalue weighted by molar-refractivity contribution is 6.33. The van der Waals surface area contributed by atoms with Gasteiger partial charge < -0.3 is 19.3 Å². The van der Waals surface area contributed by atoms with Gasteiger partial charge in [-0.1, -0.05) is 29.8 Å². The van der Waals surface area contributed by atoms with Crippen molar-refractivity contribution in [2.24, 2.45) is 0 Å². The van der Waals surface area contributed by atoms with Crippen LogP contribution < -0.4 is 0 Å². The molecule has 0 saturated carbocycles. The molecule has 33 heavy (non-hydrogen) atoms. The van der Waals surface area contributed by atoms with Gasteiger partial charge in [0, 0.05) is 38.9 Å². The first-order valence-electron chi connectivity index (χ1n) is 10.3. The van der Waals surface area contributed by atoms with Gasteiger partial charge in [-0.15, -0.1) is 0 Å². The maximum Gasteiger partial charge on any atom is 0.416 e. The highest BCUT2D eigenvalue weighted by atomic mass is 35.5. The van der Waals surface area contributed by atoms with E-state index in [1.165, 1.54) is 24.1 Å². The zero-order valence-corrected chi connectivity index (χ0v) is 18.7. The lowest BCUT2D eigenvalue weighted by Gasteiger charge is -2.36. The van der Waals surface area contributed by atoms with Crippen LogP contribution in [0.2, 0.25) is 5.02 Å². The van der Waals surface area contributed by atoms with Crippen LogP contribution in [-0.4, -0.2) is 74.2 Å². The second kappa shape index (κ2) is 11.0. The SMILES string of the molecule is COCCN(C[C@@H]1CN(C(=O)c2ccccc2Cl)CCO1)C(=O)c1cccc(C(F)(F)F)c1. The number of methoxy groups -OCH3 is 1. The van der Waals surface area contributed by atoms with E-state index in [0.717, 1.165) is 12.1 Å². The Labute approximate surface area is 194 Å². The van der Waals surface area contributed by atoms with E-state index in [9.17, 15) is 22.8 Å². The molecule has 0 bridgehead atoms. The van der Waals surface area contributed by atoms with Crippen molar-refractivity contribution < 1.29 is 32.2 Å². The average Bonchev–Trinajstić information content (AvgIpc) is 2.81. The Hall–Kier alpha value is -2.62. The molecule has 2 aromatic carbocycles. The van der Waals surface area contributed by atoms with Gasteiger partial charge in [-0.25, -0.2) is 0 Å². The first-order chi connectivity index (χ1) is 15.7. The van der Waals surface area contributed by atoms with Gasteiger partial charge in [-0.2, -0.15) is 13.2 Å². The Balaban J connectivity index is 1.74. The van der Waals surface area contributed by atoms with Gasteiger partial charge >= 0.3 is 6.18 Å². The lowest BCUT2D eigenvalue weighted by Crippen LogP contribution is -2.51. The van der Waals surface area contributed by atoms with Crippen LogP contribution in [0.1, 0.15) is 26.3 Å². The molecule has 2 amide bonds. The van der Waals surface area contributed by atoms with Gasteiger partial charge in [0.05, 0.1) is 35.5 Å². The van der Waals surface area contributed by atoms with Crippen LogP contribution in [0.15, 0.2) is 48.5 Å². The number of amides is 2. The van der Waals surface area contributed by atoms with Crippen LogP contribution >= 0.6 is 11.6 Å². The fourth-order valence-electron chi connectivity index (χ4n) is 3.55. The van der Waals surface area contributed by atoms with Crippen molar-refractivity contribution in [3.05, 3.63) is 70.2 Å². The summed E-state index contributed by atoms with van der Waals surface area (Å²) >= 11 is 6.14. The Morgan fingerprint density at radius 3 is 2.67 bits per heavy atom. The van der Waals surface area contributed by atoms with E-state index in [4.69, 9.17) is 21.1 Å². The van der Waals surface area contributed by atoms with Gasteiger partial charge in [0.15, 0.2) is 0 Å². The third-order valence-electron chi connectivity index (χ3n) is 5.24. The first-order valence-corrected chi connectivity index (χ1v) is 10.7. The van der Waals surface area contributed by atoms with Crippen LogP contribution in [0.5, 0.6) is 0 Å². The molecule has 2 aromatic rings. The summed E-state index contributed by atoms with van der Waals surface area (Å²) in [5.41, 5.74) is -0.609. The number of rotatable bonds is 7.